The van der Waals surface area contributed by atoms with Gasteiger partial charge in [-0.05, 0) is 29.8 Å². The molecule has 0 saturated carbocycles. The van der Waals surface area contributed by atoms with E-state index in [0.717, 1.165) is 5.56 Å². The minimum atomic E-state index is -0.649. The lowest BCUT2D eigenvalue weighted by Gasteiger charge is -2.02. The summed E-state index contributed by atoms with van der Waals surface area (Å²) < 4.78 is 6.60. The largest absolute Gasteiger partial charge is 0.433 e. The van der Waals surface area contributed by atoms with E-state index < -0.39 is 10.8 Å². The Balaban J connectivity index is 1.58. The maximum atomic E-state index is 11.9. The van der Waals surface area contributed by atoms with Gasteiger partial charge in [0, 0.05) is 23.4 Å². The normalized spacial score (nSPS) is 11.0. The average molecular weight is 373 g/mol. The van der Waals surface area contributed by atoms with Crippen LogP contribution in [0.3, 0.4) is 0 Å². The minimum Gasteiger partial charge on any atom is -0.401 e. The molecule has 0 bridgehead atoms. The Labute approximate surface area is 152 Å². The topological polar surface area (TPSA) is 103 Å². The Morgan fingerprint density at radius 1 is 1.35 bits per heavy atom. The number of nitro groups is 1. The van der Waals surface area contributed by atoms with E-state index in [2.05, 4.69) is 10.4 Å². The number of halogens is 1. The summed E-state index contributed by atoms with van der Waals surface area (Å²) in [5, 5.41) is 18.0. The van der Waals surface area contributed by atoms with Crippen LogP contribution >= 0.6 is 11.6 Å². The van der Waals surface area contributed by atoms with Crippen molar-refractivity contribution in [2.45, 2.75) is 6.54 Å². The molecule has 3 rings (SSSR count). The predicted octanol–water partition coefficient (Wildman–Crippen LogP) is 3.74. The Hall–Kier alpha value is -3.39. The van der Waals surface area contributed by atoms with Crippen molar-refractivity contribution in [3.05, 3.63) is 81.2 Å². The molecule has 1 amide bonds. The molecule has 9 heteroatoms. The summed E-state index contributed by atoms with van der Waals surface area (Å²) in [4.78, 5) is 21.8. The second-order valence-electron chi connectivity index (χ2n) is 5.28. The highest BCUT2D eigenvalue weighted by Gasteiger charge is 2.10. The molecular formula is C17H13ClN4O4. The van der Waals surface area contributed by atoms with E-state index in [0.29, 0.717) is 17.4 Å². The van der Waals surface area contributed by atoms with E-state index in [-0.39, 0.29) is 11.6 Å². The van der Waals surface area contributed by atoms with Gasteiger partial charge in [-0.15, -0.1) is 0 Å². The molecule has 0 atom stereocenters. The van der Waals surface area contributed by atoms with Crippen LogP contribution in [0.15, 0.2) is 59.2 Å². The van der Waals surface area contributed by atoms with Gasteiger partial charge in [0.1, 0.15) is 10.7 Å². The van der Waals surface area contributed by atoms with E-state index >= 15 is 0 Å². The third-order valence-corrected chi connectivity index (χ3v) is 3.55. The summed E-state index contributed by atoms with van der Waals surface area (Å²) in [6.07, 6.45) is 4.28. The summed E-state index contributed by atoms with van der Waals surface area (Å²) in [6.45, 7) is 0.516. The molecular weight excluding hydrogens is 360 g/mol. The third-order valence-electron chi connectivity index (χ3n) is 3.32. The van der Waals surface area contributed by atoms with Crippen molar-refractivity contribution < 1.29 is 14.1 Å². The number of benzene rings is 1. The molecule has 0 saturated heterocycles. The predicted molar refractivity (Wildman–Crippen MR) is 95.8 cm³/mol. The highest BCUT2D eigenvalue weighted by molar-refractivity contribution is 6.30. The minimum absolute atomic E-state index is 0.207. The Morgan fingerprint density at radius 2 is 2.19 bits per heavy atom. The SMILES string of the molecule is O=C(/C=C/c1ccc([N+](=O)[O-])o1)Nc1ccn(Cc2cccc(Cl)c2)n1. The Morgan fingerprint density at radius 3 is 2.92 bits per heavy atom. The molecule has 8 nitrogen and oxygen atoms in total. The molecule has 0 aliphatic carbocycles. The van der Waals surface area contributed by atoms with Crippen molar-refractivity contribution >= 4 is 35.3 Å². The fourth-order valence-electron chi connectivity index (χ4n) is 2.19. The van der Waals surface area contributed by atoms with Gasteiger partial charge < -0.3 is 9.73 Å². The van der Waals surface area contributed by atoms with Gasteiger partial charge in [0.2, 0.25) is 5.91 Å². The van der Waals surface area contributed by atoms with Crippen LogP contribution < -0.4 is 5.32 Å². The number of amides is 1. The second kappa shape index (κ2) is 7.66. The molecule has 0 aliphatic rings. The number of aromatic nitrogens is 2. The zero-order chi connectivity index (χ0) is 18.5. The van der Waals surface area contributed by atoms with Gasteiger partial charge in [-0.25, -0.2) is 0 Å². The highest BCUT2D eigenvalue weighted by Crippen LogP contribution is 2.17. The lowest BCUT2D eigenvalue weighted by molar-refractivity contribution is -0.402. The van der Waals surface area contributed by atoms with E-state index in [1.165, 1.54) is 24.3 Å². The van der Waals surface area contributed by atoms with Gasteiger partial charge in [0.15, 0.2) is 5.82 Å². The molecule has 3 aromatic rings. The standard InChI is InChI=1S/C17H13ClN4O4/c18-13-3-1-2-12(10-13)11-21-9-8-15(20-21)19-16(23)6-4-14-5-7-17(26-14)22(24)25/h1-10H,11H2,(H,19,20,23)/b6-4+. The Bertz CT molecular complexity index is 977. The van der Waals surface area contributed by atoms with Crippen LogP contribution in [0.4, 0.5) is 11.7 Å². The number of furan rings is 1. The number of rotatable bonds is 6. The van der Waals surface area contributed by atoms with Gasteiger partial charge in [0.25, 0.3) is 0 Å². The second-order valence-corrected chi connectivity index (χ2v) is 5.72. The molecule has 2 heterocycles. The summed E-state index contributed by atoms with van der Waals surface area (Å²) >= 11 is 5.95. The van der Waals surface area contributed by atoms with Gasteiger partial charge in [-0.1, -0.05) is 23.7 Å². The van der Waals surface area contributed by atoms with Gasteiger partial charge in [-0.2, -0.15) is 5.10 Å². The molecule has 1 aromatic carbocycles. The number of anilines is 1. The van der Waals surface area contributed by atoms with E-state index in [1.807, 2.05) is 18.2 Å². The third kappa shape index (κ3) is 4.58. The molecule has 2 aromatic heterocycles. The van der Waals surface area contributed by atoms with Crippen LogP contribution in [0.25, 0.3) is 6.08 Å². The first-order chi connectivity index (χ1) is 12.5. The first-order valence-electron chi connectivity index (χ1n) is 7.51. The molecule has 0 spiro atoms. The van der Waals surface area contributed by atoms with Crippen molar-refractivity contribution in [1.82, 2.24) is 9.78 Å². The quantitative estimate of drug-likeness (QED) is 0.403. The van der Waals surface area contributed by atoms with Crippen LogP contribution in [0.5, 0.6) is 0 Å². The van der Waals surface area contributed by atoms with Crippen LogP contribution in [0.1, 0.15) is 11.3 Å². The number of nitrogens with one attached hydrogen (secondary N) is 1. The number of nitrogens with zero attached hydrogens (tertiary/aromatic N) is 3. The number of hydrogen-bond acceptors (Lipinski definition) is 5. The smallest absolute Gasteiger partial charge is 0.401 e. The first-order valence-corrected chi connectivity index (χ1v) is 7.88. The van der Waals surface area contributed by atoms with Crippen molar-refractivity contribution in [2.75, 3.05) is 5.32 Å². The number of carbonyl (C=O) groups is 1. The maximum absolute atomic E-state index is 11.9. The van der Waals surface area contributed by atoms with Gasteiger partial charge >= 0.3 is 5.88 Å². The van der Waals surface area contributed by atoms with Gasteiger partial charge in [0.05, 0.1) is 12.6 Å². The zero-order valence-electron chi connectivity index (χ0n) is 13.3. The molecule has 132 valence electrons. The maximum Gasteiger partial charge on any atom is 0.433 e. The van der Waals surface area contributed by atoms with E-state index in [1.54, 1.807) is 23.0 Å². The van der Waals surface area contributed by atoms with Gasteiger partial charge in [-0.3, -0.25) is 19.6 Å². The molecule has 26 heavy (non-hydrogen) atoms. The lowest BCUT2D eigenvalue weighted by atomic mass is 10.2. The van der Waals surface area contributed by atoms with Crippen LogP contribution in [-0.4, -0.2) is 20.6 Å². The molecule has 0 fully saturated rings. The van der Waals surface area contributed by atoms with E-state index in [4.69, 9.17) is 16.0 Å². The summed E-state index contributed by atoms with van der Waals surface area (Å²) in [5.41, 5.74) is 0.984. The molecule has 1 N–H and O–H groups in total. The molecule has 0 aliphatic heterocycles. The highest BCUT2D eigenvalue weighted by atomic mass is 35.5. The Kier molecular flexibility index (Phi) is 5.14. The van der Waals surface area contributed by atoms with Crippen molar-refractivity contribution in [3.63, 3.8) is 0 Å². The van der Waals surface area contributed by atoms with Crippen molar-refractivity contribution in [1.29, 1.82) is 0 Å². The van der Waals surface area contributed by atoms with Crippen LogP contribution in [0.2, 0.25) is 5.02 Å². The number of carbonyl (C=O) groups excluding carboxylic acids is 1. The monoisotopic (exact) mass is 372 g/mol. The van der Waals surface area contributed by atoms with Crippen LogP contribution in [-0.2, 0) is 11.3 Å². The summed E-state index contributed by atoms with van der Waals surface area (Å²) in [5.74, 6) is -0.229. The van der Waals surface area contributed by atoms with Crippen molar-refractivity contribution in [3.8, 4) is 0 Å². The average Bonchev–Trinajstić information content (AvgIpc) is 3.23. The first kappa shape index (κ1) is 17.4. The molecule has 0 unspecified atom stereocenters. The fourth-order valence-corrected chi connectivity index (χ4v) is 2.41. The zero-order valence-corrected chi connectivity index (χ0v) is 14.1. The summed E-state index contributed by atoms with van der Waals surface area (Å²) in [6, 6.07) is 11.7. The lowest BCUT2D eigenvalue weighted by Crippen LogP contribution is -2.09. The van der Waals surface area contributed by atoms with E-state index in [9.17, 15) is 14.9 Å². The molecule has 0 radical (unpaired) electrons. The fraction of sp³-hybridized carbons (Fsp3) is 0.0588. The van der Waals surface area contributed by atoms with Crippen molar-refractivity contribution in [2.24, 2.45) is 0 Å². The summed E-state index contributed by atoms with van der Waals surface area (Å²) in [7, 11) is 0. The van der Waals surface area contributed by atoms with Crippen LogP contribution in [0, 0.1) is 10.1 Å². The number of hydrogen-bond donors (Lipinski definition) is 1.